The van der Waals surface area contributed by atoms with Crippen molar-refractivity contribution in [3.63, 3.8) is 0 Å². The minimum absolute atomic E-state index is 0.0573. The molecular formula is C15H13F3O5S. The average Bonchev–Trinajstić information content (AvgIpc) is 2.45. The summed E-state index contributed by atoms with van der Waals surface area (Å²) >= 11 is 0. The highest BCUT2D eigenvalue weighted by molar-refractivity contribution is 7.88. The summed E-state index contributed by atoms with van der Waals surface area (Å²) in [6.07, 6.45) is 0. The van der Waals surface area contributed by atoms with Crippen molar-refractivity contribution in [2.24, 2.45) is 0 Å². The monoisotopic (exact) mass is 362 g/mol. The molecule has 0 bridgehead atoms. The predicted octanol–water partition coefficient (Wildman–Crippen LogP) is 3.55. The Morgan fingerprint density at radius 3 is 2.42 bits per heavy atom. The van der Waals surface area contributed by atoms with Crippen LogP contribution >= 0.6 is 0 Å². The van der Waals surface area contributed by atoms with E-state index >= 15 is 0 Å². The molecule has 9 heteroatoms. The van der Waals surface area contributed by atoms with E-state index in [0.29, 0.717) is 5.39 Å². The fraction of sp³-hybridized carbons (Fsp3) is 0.267. The molecule has 0 fully saturated rings. The highest BCUT2D eigenvalue weighted by Gasteiger charge is 2.48. The number of halogens is 3. The van der Waals surface area contributed by atoms with E-state index in [1.165, 1.54) is 12.1 Å². The Balaban J connectivity index is 2.64. The molecule has 0 saturated carbocycles. The zero-order valence-corrected chi connectivity index (χ0v) is 13.5. The molecule has 0 heterocycles. The van der Waals surface area contributed by atoms with E-state index in [2.05, 4.69) is 4.18 Å². The van der Waals surface area contributed by atoms with Crippen LogP contribution in [0, 0.1) is 6.92 Å². The van der Waals surface area contributed by atoms with Gasteiger partial charge in [-0.1, -0.05) is 23.8 Å². The van der Waals surface area contributed by atoms with Gasteiger partial charge in [0, 0.05) is 5.39 Å². The van der Waals surface area contributed by atoms with Crippen molar-refractivity contribution in [2.75, 3.05) is 6.61 Å². The number of carbonyl (C=O) groups excluding carboxylic acids is 1. The molecule has 2 aromatic carbocycles. The molecule has 0 saturated heterocycles. The minimum atomic E-state index is -5.86. The third-order valence-electron chi connectivity index (χ3n) is 3.06. The van der Waals surface area contributed by atoms with Gasteiger partial charge in [-0.05, 0) is 31.4 Å². The summed E-state index contributed by atoms with van der Waals surface area (Å²) in [5, 5.41) is 0.481. The first-order valence-corrected chi connectivity index (χ1v) is 8.18. The van der Waals surface area contributed by atoms with Gasteiger partial charge in [0.2, 0.25) is 0 Å². The number of fused-ring (bicyclic) bond motifs is 1. The molecule has 0 atom stereocenters. The van der Waals surface area contributed by atoms with Crippen molar-refractivity contribution in [3.05, 3.63) is 41.5 Å². The van der Waals surface area contributed by atoms with Crippen molar-refractivity contribution in [1.29, 1.82) is 0 Å². The van der Waals surface area contributed by atoms with Gasteiger partial charge in [0.15, 0.2) is 5.75 Å². The van der Waals surface area contributed by atoms with Gasteiger partial charge in [-0.25, -0.2) is 4.79 Å². The van der Waals surface area contributed by atoms with Crippen LogP contribution in [0.25, 0.3) is 10.8 Å². The molecule has 0 radical (unpaired) electrons. The van der Waals surface area contributed by atoms with Crippen molar-refractivity contribution in [1.82, 2.24) is 0 Å². The normalized spacial score (nSPS) is 12.2. The van der Waals surface area contributed by atoms with Crippen molar-refractivity contribution < 1.29 is 35.3 Å². The van der Waals surface area contributed by atoms with Gasteiger partial charge in [0.05, 0.1) is 12.2 Å². The summed E-state index contributed by atoms with van der Waals surface area (Å²) in [5.41, 5.74) is -4.92. The smallest absolute Gasteiger partial charge is 0.462 e. The molecular weight excluding hydrogens is 349 g/mol. The maximum absolute atomic E-state index is 12.6. The van der Waals surface area contributed by atoms with Crippen molar-refractivity contribution >= 4 is 26.9 Å². The van der Waals surface area contributed by atoms with E-state index < -0.39 is 27.3 Å². The minimum Gasteiger partial charge on any atom is -0.462 e. The Labute approximate surface area is 136 Å². The van der Waals surface area contributed by atoms with Gasteiger partial charge < -0.3 is 8.92 Å². The standard InChI is InChI=1S/C15H13F3O5S/c1-3-22-14(19)11-7-10-6-9(2)4-5-12(10)13(8-11)23-24(20,21)15(16,17)18/h4-8H,3H2,1-2H3. The molecule has 0 unspecified atom stereocenters. The number of carbonyl (C=O) groups is 1. The number of aryl methyl sites for hydroxylation is 1. The molecule has 2 rings (SSSR count). The number of hydrogen-bond acceptors (Lipinski definition) is 5. The number of alkyl halides is 3. The van der Waals surface area contributed by atoms with Crippen LogP contribution in [0.3, 0.4) is 0 Å². The maximum Gasteiger partial charge on any atom is 0.534 e. The van der Waals surface area contributed by atoms with Crippen LogP contribution in [0.4, 0.5) is 13.2 Å². The van der Waals surface area contributed by atoms with E-state index in [9.17, 15) is 26.4 Å². The van der Waals surface area contributed by atoms with Crippen LogP contribution in [0.5, 0.6) is 5.75 Å². The summed E-state index contributed by atoms with van der Waals surface area (Å²) in [7, 11) is -5.86. The molecule has 5 nitrogen and oxygen atoms in total. The van der Waals surface area contributed by atoms with Crippen molar-refractivity contribution in [3.8, 4) is 5.75 Å². The van der Waals surface area contributed by atoms with Crippen LogP contribution in [-0.2, 0) is 14.9 Å². The molecule has 0 aliphatic rings. The quantitative estimate of drug-likeness (QED) is 0.473. The summed E-state index contributed by atoms with van der Waals surface area (Å²) in [4.78, 5) is 11.8. The number of hydrogen-bond donors (Lipinski definition) is 0. The third-order valence-corrected chi connectivity index (χ3v) is 4.03. The van der Waals surface area contributed by atoms with E-state index in [1.54, 1.807) is 26.0 Å². The maximum atomic E-state index is 12.6. The molecule has 0 aromatic heterocycles. The van der Waals surface area contributed by atoms with Crippen LogP contribution in [0.15, 0.2) is 30.3 Å². The zero-order valence-electron chi connectivity index (χ0n) is 12.7. The summed E-state index contributed by atoms with van der Waals surface area (Å²) in [6.45, 7) is 3.36. The molecule has 0 spiro atoms. The Morgan fingerprint density at radius 1 is 1.17 bits per heavy atom. The van der Waals surface area contributed by atoms with Gasteiger partial charge >= 0.3 is 21.6 Å². The van der Waals surface area contributed by atoms with Crippen LogP contribution < -0.4 is 4.18 Å². The molecule has 2 aromatic rings. The second-order valence-electron chi connectivity index (χ2n) is 4.90. The van der Waals surface area contributed by atoms with Gasteiger partial charge in [0.1, 0.15) is 0 Å². The van der Waals surface area contributed by atoms with E-state index in [0.717, 1.165) is 11.6 Å². The highest BCUT2D eigenvalue weighted by Crippen LogP contribution is 2.33. The summed E-state index contributed by atoms with van der Waals surface area (Å²) < 4.78 is 69.2. The molecule has 24 heavy (non-hydrogen) atoms. The molecule has 0 N–H and O–H groups in total. The first kappa shape index (κ1) is 18.1. The van der Waals surface area contributed by atoms with E-state index in [1.807, 2.05) is 0 Å². The molecule has 130 valence electrons. The van der Waals surface area contributed by atoms with Gasteiger partial charge in [-0.3, -0.25) is 0 Å². The zero-order chi connectivity index (χ0) is 18.1. The van der Waals surface area contributed by atoms with Gasteiger partial charge in [-0.15, -0.1) is 0 Å². The first-order valence-electron chi connectivity index (χ1n) is 6.77. The van der Waals surface area contributed by atoms with Crippen molar-refractivity contribution in [2.45, 2.75) is 19.4 Å². The number of ether oxygens (including phenoxy) is 1. The largest absolute Gasteiger partial charge is 0.534 e. The second-order valence-corrected chi connectivity index (χ2v) is 6.44. The Hall–Kier alpha value is -2.29. The lowest BCUT2D eigenvalue weighted by atomic mass is 10.0. The van der Waals surface area contributed by atoms with Crippen LogP contribution in [-0.4, -0.2) is 26.5 Å². The Morgan fingerprint density at radius 2 is 1.83 bits per heavy atom. The number of benzene rings is 2. The van der Waals surface area contributed by atoms with Gasteiger partial charge in [0.25, 0.3) is 0 Å². The van der Waals surface area contributed by atoms with Crippen LogP contribution in [0.1, 0.15) is 22.8 Å². The second kappa shape index (κ2) is 6.31. The lowest BCUT2D eigenvalue weighted by molar-refractivity contribution is -0.0499. The van der Waals surface area contributed by atoms with Gasteiger partial charge in [-0.2, -0.15) is 21.6 Å². The predicted molar refractivity (Wildman–Crippen MR) is 80.2 cm³/mol. The van der Waals surface area contributed by atoms with E-state index in [4.69, 9.17) is 4.74 Å². The Bertz CT molecular complexity index is 888. The number of rotatable bonds is 4. The number of esters is 1. The van der Waals surface area contributed by atoms with E-state index in [-0.39, 0.29) is 17.6 Å². The SMILES string of the molecule is CCOC(=O)c1cc(OS(=O)(=O)C(F)(F)F)c2ccc(C)cc2c1. The highest BCUT2D eigenvalue weighted by atomic mass is 32.2. The topological polar surface area (TPSA) is 69.7 Å². The summed E-state index contributed by atoms with van der Waals surface area (Å²) in [6, 6.07) is 6.90. The Kier molecular flexibility index (Phi) is 4.75. The average molecular weight is 362 g/mol. The first-order chi connectivity index (χ1) is 11.0. The van der Waals surface area contributed by atoms with Crippen LogP contribution in [0.2, 0.25) is 0 Å². The third kappa shape index (κ3) is 3.61. The molecule has 0 amide bonds. The summed E-state index contributed by atoms with van der Waals surface area (Å²) in [5.74, 6) is -1.39. The molecule has 0 aliphatic heterocycles. The fourth-order valence-electron chi connectivity index (χ4n) is 2.02. The fourth-order valence-corrected chi connectivity index (χ4v) is 2.49. The molecule has 0 aliphatic carbocycles. The lowest BCUT2D eigenvalue weighted by Crippen LogP contribution is -2.28. The lowest BCUT2D eigenvalue weighted by Gasteiger charge is -2.13.